The quantitative estimate of drug-likeness (QED) is 0.668. The Labute approximate surface area is 158 Å². The molecule has 0 unspecified atom stereocenters. The van der Waals surface area contributed by atoms with Crippen molar-refractivity contribution >= 4 is 23.0 Å². The SMILES string of the molecule is N#Cc1cccc(NC(=O)c2cncc(Nc3cccc(C(F)(F)F)c3)c2)c1. The second-order valence-electron chi connectivity index (χ2n) is 5.81. The molecule has 0 saturated carbocycles. The Bertz CT molecular complexity index is 1060. The fraction of sp³-hybridized carbons (Fsp3) is 0.0500. The average molecular weight is 382 g/mol. The average Bonchev–Trinajstić information content (AvgIpc) is 2.68. The summed E-state index contributed by atoms with van der Waals surface area (Å²) in [6, 6.07) is 14.6. The van der Waals surface area contributed by atoms with Gasteiger partial charge in [-0.1, -0.05) is 12.1 Å². The van der Waals surface area contributed by atoms with Crippen LogP contribution < -0.4 is 10.6 Å². The van der Waals surface area contributed by atoms with E-state index in [0.717, 1.165) is 12.1 Å². The van der Waals surface area contributed by atoms with E-state index in [0.29, 0.717) is 16.9 Å². The number of anilines is 3. The van der Waals surface area contributed by atoms with E-state index in [1.54, 1.807) is 18.2 Å². The summed E-state index contributed by atoms with van der Waals surface area (Å²) in [6.45, 7) is 0. The summed E-state index contributed by atoms with van der Waals surface area (Å²) in [4.78, 5) is 16.3. The maximum atomic E-state index is 12.8. The van der Waals surface area contributed by atoms with Crippen molar-refractivity contribution in [2.75, 3.05) is 10.6 Å². The Morgan fingerprint density at radius 1 is 0.964 bits per heavy atom. The van der Waals surface area contributed by atoms with Crippen LogP contribution in [0.15, 0.2) is 67.0 Å². The van der Waals surface area contributed by atoms with Gasteiger partial charge in [0.15, 0.2) is 0 Å². The van der Waals surface area contributed by atoms with Gasteiger partial charge in [0.25, 0.3) is 5.91 Å². The van der Waals surface area contributed by atoms with Crippen molar-refractivity contribution in [3.05, 3.63) is 83.7 Å². The number of aromatic nitrogens is 1. The van der Waals surface area contributed by atoms with Gasteiger partial charge in [-0.15, -0.1) is 0 Å². The number of carbonyl (C=O) groups is 1. The number of benzene rings is 2. The third kappa shape index (κ3) is 4.65. The maximum absolute atomic E-state index is 12.8. The highest BCUT2D eigenvalue weighted by atomic mass is 19.4. The van der Waals surface area contributed by atoms with Crippen LogP contribution in [-0.2, 0) is 6.18 Å². The summed E-state index contributed by atoms with van der Waals surface area (Å²) in [5, 5.41) is 14.4. The minimum atomic E-state index is -4.45. The molecule has 0 fully saturated rings. The summed E-state index contributed by atoms with van der Waals surface area (Å²) in [6.07, 6.45) is -1.72. The van der Waals surface area contributed by atoms with E-state index in [4.69, 9.17) is 5.26 Å². The van der Waals surface area contributed by atoms with Gasteiger partial charge in [0.1, 0.15) is 0 Å². The molecule has 0 bridgehead atoms. The lowest BCUT2D eigenvalue weighted by Gasteiger charge is -2.11. The first-order valence-corrected chi connectivity index (χ1v) is 8.06. The molecule has 3 aromatic rings. The van der Waals surface area contributed by atoms with E-state index in [9.17, 15) is 18.0 Å². The van der Waals surface area contributed by atoms with Crippen LogP contribution in [0.25, 0.3) is 0 Å². The number of alkyl halides is 3. The van der Waals surface area contributed by atoms with Crippen molar-refractivity contribution in [2.45, 2.75) is 6.18 Å². The van der Waals surface area contributed by atoms with E-state index in [2.05, 4.69) is 15.6 Å². The molecule has 1 aromatic heterocycles. The standard InChI is InChI=1S/C20H13F3N4O/c21-20(22,23)15-4-2-6-17(9-15)26-18-8-14(11-25-12-18)19(28)27-16-5-1-3-13(7-16)10-24/h1-9,11-12,26H,(H,27,28). The minimum Gasteiger partial charge on any atom is -0.354 e. The molecule has 140 valence electrons. The molecule has 0 spiro atoms. The molecule has 28 heavy (non-hydrogen) atoms. The monoisotopic (exact) mass is 382 g/mol. The molecule has 0 aliphatic carbocycles. The first-order chi connectivity index (χ1) is 13.3. The first kappa shape index (κ1) is 18.9. The van der Waals surface area contributed by atoms with E-state index in [1.807, 2.05) is 6.07 Å². The molecule has 1 heterocycles. The van der Waals surface area contributed by atoms with E-state index < -0.39 is 17.6 Å². The van der Waals surface area contributed by atoms with Gasteiger partial charge in [0.2, 0.25) is 0 Å². The lowest BCUT2D eigenvalue weighted by atomic mass is 10.2. The van der Waals surface area contributed by atoms with Crippen molar-refractivity contribution in [3.63, 3.8) is 0 Å². The van der Waals surface area contributed by atoms with E-state index >= 15 is 0 Å². The van der Waals surface area contributed by atoms with Gasteiger partial charge in [-0.3, -0.25) is 9.78 Å². The first-order valence-electron chi connectivity index (χ1n) is 8.06. The van der Waals surface area contributed by atoms with Crippen LogP contribution >= 0.6 is 0 Å². The Balaban J connectivity index is 1.77. The Hall–Kier alpha value is -3.86. The zero-order valence-corrected chi connectivity index (χ0v) is 14.3. The summed E-state index contributed by atoms with van der Waals surface area (Å²) in [5.74, 6) is -0.463. The van der Waals surface area contributed by atoms with E-state index in [-0.39, 0.29) is 11.3 Å². The predicted octanol–water partition coefficient (Wildman–Crippen LogP) is 4.97. The summed E-state index contributed by atoms with van der Waals surface area (Å²) in [7, 11) is 0. The molecule has 8 heteroatoms. The van der Waals surface area contributed by atoms with Gasteiger partial charge >= 0.3 is 6.18 Å². The van der Waals surface area contributed by atoms with Gasteiger partial charge in [0.05, 0.1) is 34.6 Å². The highest BCUT2D eigenvalue weighted by Crippen LogP contribution is 2.31. The zero-order chi connectivity index (χ0) is 20.1. The largest absolute Gasteiger partial charge is 0.416 e. The van der Waals surface area contributed by atoms with Crippen molar-refractivity contribution in [2.24, 2.45) is 0 Å². The Morgan fingerprint density at radius 3 is 2.46 bits per heavy atom. The van der Waals surface area contributed by atoms with Crippen LogP contribution in [-0.4, -0.2) is 10.9 Å². The topological polar surface area (TPSA) is 77.8 Å². The highest BCUT2D eigenvalue weighted by molar-refractivity contribution is 6.04. The number of rotatable bonds is 4. The molecule has 0 aliphatic rings. The minimum absolute atomic E-state index is 0.208. The van der Waals surface area contributed by atoms with Gasteiger partial charge < -0.3 is 10.6 Å². The zero-order valence-electron chi connectivity index (χ0n) is 14.3. The number of hydrogen-bond acceptors (Lipinski definition) is 4. The number of nitriles is 1. The second-order valence-corrected chi connectivity index (χ2v) is 5.81. The summed E-state index contributed by atoms with van der Waals surface area (Å²) in [5.41, 5.74) is 0.848. The highest BCUT2D eigenvalue weighted by Gasteiger charge is 2.30. The molecule has 2 aromatic carbocycles. The van der Waals surface area contributed by atoms with Crippen LogP contribution in [0.2, 0.25) is 0 Å². The maximum Gasteiger partial charge on any atom is 0.416 e. The third-order valence-corrected chi connectivity index (χ3v) is 3.73. The van der Waals surface area contributed by atoms with Crippen LogP contribution in [0.5, 0.6) is 0 Å². The number of halogens is 3. The molecule has 0 saturated heterocycles. The smallest absolute Gasteiger partial charge is 0.354 e. The summed E-state index contributed by atoms with van der Waals surface area (Å²) >= 11 is 0. The number of amides is 1. The van der Waals surface area contributed by atoms with Gasteiger partial charge in [-0.2, -0.15) is 18.4 Å². The number of nitrogens with one attached hydrogen (secondary N) is 2. The number of pyridine rings is 1. The molecule has 1 amide bonds. The van der Waals surface area contributed by atoms with Crippen LogP contribution in [0.4, 0.5) is 30.2 Å². The molecular formula is C20H13F3N4O. The molecule has 5 nitrogen and oxygen atoms in total. The van der Waals surface area contributed by atoms with Crippen LogP contribution in [0.3, 0.4) is 0 Å². The van der Waals surface area contributed by atoms with Crippen molar-refractivity contribution in [1.82, 2.24) is 4.98 Å². The van der Waals surface area contributed by atoms with Gasteiger partial charge in [-0.25, -0.2) is 0 Å². The van der Waals surface area contributed by atoms with Gasteiger partial charge in [-0.05, 0) is 42.5 Å². The molecule has 0 atom stereocenters. The van der Waals surface area contributed by atoms with Crippen molar-refractivity contribution < 1.29 is 18.0 Å². The fourth-order valence-corrected chi connectivity index (χ4v) is 2.44. The van der Waals surface area contributed by atoms with Crippen molar-refractivity contribution in [1.29, 1.82) is 5.26 Å². The number of hydrogen-bond donors (Lipinski definition) is 2. The molecule has 3 rings (SSSR count). The predicted molar refractivity (Wildman–Crippen MR) is 98.1 cm³/mol. The van der Waals surface area contributed by atoms with Gasteiger partial charge in [0, 0.05) is 17.6 Å². The molecular weight excluding hydrogens is 369 g/mol. The van der Waals surface area contributed by atoms with Crippen LogP contribution in [0.1, 0.15) is 21.5 Å². The van der Waals surface area contributed by atoms with E-state index in [1.165, 1.54) is 36.7 Å². The third-order valence-electron chi connectivity index (χ3n) is 3.73. The Kier molecular flexibility index (Phi) is 5.27. The number of nitrogens with zero attached hydrogens (tertiary/aromatic N) is 2. The Morgan fingerprint density at radius 2 is 1.71 bits per heavy atom. The molecule has 0 radical (unpaired) electrons. The fourth-order valence-electron chi connectivity index (χ4n) is 2.44. The molecule has 0 aliphatic heterocycles. The normalized spacial score (nSPS) is 10.8. The van der Waals surface area contributed by atoms with Crippen LogP contribution in [0, 0.1) is 11.3 Å². The number of carbonyl (C=O) groups excluding carboxylic acids is 1. The molecule has 2 N–H and O–H groups in total. The summed E-state index contributed by atoms with van der Waals surface area (Å²) < 4.78 is 38.5. The lowest BCUT2D eigenvalue weighted by molar-refractivity contribution is -0.137. The van der Waals surface area contributed by atoms with Crippen molar-refractivity contribution in [3.8, 4) is 6.07 Å². The lowest BCUT2D eigenvalue weighted by Crippen LogP contribution is -2.12. The second kappa shape index (κ2) is 7.80.